The Kier molecular flexibility index (Phi) is 6.44. The van der Waals surface area contributed by atoms with Crippen LogP contribution in [-0.2, 0) is 4.79 Å². The predicted octanol–water partition coefficient (Wildman–Crippen LogP) is 6.24. The van der Waals surface area contributed by atoms with E-state index in [4.69, 9.17) is 0 Å². The van der Waals surface area contributed by atoms with Crippen molar-refractivity contribution in [2.75, 3.05) is 6.54 Å². The van der Waals surface area contributed by atoms with Crippen LogP contribution in [0.2, 0.25) is 0 Å². The molecule has 1 heterocycles. The highest BCUT2D eigenvalue weighted by Crippen LogP contribution is 2.37. The normalized spacial score (nSPS) is 17.3. The highest BCUT2D eigenvalue weighted by Gasteiger charge is 2.32. The van der Waals surface area contributed by atoms with Crippen LogP contribution in [0.15, 0.2) is 55.2 Å². The number of nitrogens with zero attached hydrogens (tertiary/aromatic N) is 2. The molecule has 27 heavy (non-hydrogen) atoms. The first-order chi connectivity index (χ1) is 12.9. The van der Waals surface area contributed by atoms with Gasteiger partial charge in [-0.1, -0.05) is 24.6 Å². The zero-order valence-corrected chi connectivity index (χ0v) is 18.9. The molecule has 3 rings (SSSR count). The Hall–Kier alpha value is -1.57. The van der Waals surface area contributed by atoms with Crippen molar-refractivity contribution in [3.63, 3.8) is 0 Å². The number of amidine groups is 1. The number of thioether (sulfide) groups is 1. The van der Waals surface area contributed by atoms with Gasteiger partial charge in [-0.25, -0.2) is 4.99 Å². The molecule has 1 aliphatic heterocycles. The van der Waals surface area contributed by atoms with Gasteiger partial charge in [0.1, 0.15) is 5.75 Å². The molecule has 0 radical (unpaired) electrons. The van der Waals surface area contributed by atoms with Gasteiger partial charge in [0.2, 0.25) is 0 Å². The van der Waals surface area contributed by atoms with Crippen molar-refractivity contribution in [1.82, 2.24) is 4.90 Å². The Balaban J connectivity index is 1.96. The van der Waals surface area contributed by atoms with Gasteiger partial charge in [-0.2, -0.15) is 0 Å². The molecule has 0 unspecified atom stereocenters. The first kappa shape index (κ1) is 20.2. The summed E-state index contributed by atoms with van der Waals surface area (Å²) < 4.78 is 1.14. The number of carbonyl (C=O) groups is 1. The summed E-state index contributed by atoms with van der Waals surface area (Å²) in [5.74, 6) is 0.0878. The van der Waals surface area contributed by atoms with Crippen LogP contribution >= 0.6 is 43.6 Å². The number of phenolic OH excluding ortho intramolecular Hbond substituents is 1. The molecule has 7 heteroatoms. The number of hydrogen-bond donors (Lipinski definition) is 1. The number of aromatic hydroxyl groups is 1. The van der Waals surface area contributed by atoms with Crippen LogP contribution in [-0.4, -0.2) is 27.6 Å². The van der Waals surface area contributed by atoms with Crippen molar-refractivity contribution >= 4 is 66.5 Å². The minimum atomic E-state index is -0.0481. The molecule has 1 N–H and O–H groups in total. The van der Waals surface area contributed by atoms with Gasteiger partial charge < -0.3 is 5.11 Å². The van der Waals surface area contributed by atoms with E-state index in [1.165, 1.54) is 17.3 Å². The molecular weight excluding hydrogens is 492 g/mol. The lowest BCUT2D eigenvalue weighted by Gasteiger charge is -2.14. The number of hydrogen-bond acceptors (Lipinski definition) is 4. The average Bonchev–Trinajstić information content (AvgIpc) is 2.91. The van der Waals surface area contributed by atoms with E-state index < -0.39 is 0 Å². The smallest absolute Gasteiger partial charge is 0.266 e. The summed E-state index contributed by atoms with van der Waals surface area (Å²) in [6.07, 6.45) is 2.67. The molecule has 1 saturated heterocycles. The van der Waals surface area contributed by atoms with E-state index in [2.05, 4.69) is 36.9 Å². The van der Waals surface area contributed by atoms with E-state index in [9.17, 15) is 9.90 Å². The summed E-state index contributed by atoms with van der Waals surface area (Å²) in [5, 5.41) is 10.6. The summed E-state index contributed by atoms with van der Waals surface area (Å²) in [4.78, 5) is 19.9. The van der Waals surface area contributed by atoms with Crippen LogP contribution in [0.1, 0.15) is 24.5 Å². The van der Waals surface area contributed by atoms with Crippen LogP contribution in [0.5, 0.6) is 5.75 Å². The number of rotatable bonds is 4. The lowest BCUT2D eigenvalue weighted by Crippen LogP contribution is -2.29. The monoisotopic (exact) mass is 508 g/mol. The summed E-state index contributed by atoms with van der Waals surface area (Å²) in [5.41, 5.74) is 2.81. The van der Waals surface area contributed by atoms with Crippen LogP contribution in [0.3, 0.4) is 0 Å². The van der Waals surface area contributed by atoms with E-state index >= 15 is 0 Å². The predicted molar refractivity (Wildman–Crippen MR) is 119 cm³/mol. The Morgan fingerprint density at radius 3 is 2.41 bits per heavy atom. The van der Waals surface area contributed by atoms with Gasteiger partial charge in [0.05, 0.1) is 19.5 Å². The molecule has 0 aromatic heterocycles. The number of carbonyl (C=O) groups excluding carboxylic acids is 1. The van der Waals surface area contributed by atoms with Crippen molar-refractivity contribution in [2.45, 2.75) is 20.3 Å². The minimum absolute atomic E-state index is 0.0481. The number of aliphatic imine (C=N–C) groups is 1. The van der Waals surface area contributed by atoms with E-state index in [0.717, 1.165) is 17.7 Å². The van der Waals surface area contributed by atoms with Crippen LogP contribution in [0.25, 0.3) is 6.08 Å². The fourth-order valence-corrected chi connectivity index (χ4v) is 4.81. The molecule has 4 nitrogen and oxygen atoms in total. The zero-order valence-electron chi connectivity index (χ0n) is 14.9. The number of amides is 1. The third-order valence-corrected chi connectivity index (χ3v) is 6.15. The maximum absolute atomic E-state index is 12.9. The van der Waals surface area contributed by atoms with Crippen molar-refractivity contribution in [1.29, 1.82) is 0 Å². The van der Waals surface area contributed by atoms with Crippen LogP contribution in [0.4, 0.5) is 5.69 Å². The van der Waals surface area contributed by atoms with Gasteiger partial charge in [0.15, 0.2) is 5.17 Å². The number of aryl methyl sites for hydroxylation is 1. The van der Waals surface area contributed by atoms with Crippen molar-refractivity contribution in [2.24, 2.45) is 4.99 Å². The average molecular weight is 510 g/mol. The molecule has 0 spiro atoms. The van der Waals surface area contributed by atoms with Gasteiger partial charge in [-0.15, -0.1) is 0 Å². The lowest BCUT2D eigenvalue weighted by molar-refractivity contribution is -0.122. The van der Waals surface area contributed by atoms with Crippen molar-refractivity contribution in [3.8, 4) is 5.75 Å². The maximum atomic E-state index is 12.9. The highest BCUT2D eigenvalue weighted by atomic mass is 79.9. The standard InChI is InChI=1S/C20H18Br2N2O2S/c1-3-8-24-19(26)17(11-13-9-15(21)18(25)16(22)10-13)27-20(24)23-14-6-4-12(2)5-7-14/h4-7,9-11,25H,3,8H2,1-2H3/b17-11+,23-20?. The van der Waals surface area contributed by atoms with Gasteiger partial charge in [-0.05, 0) is 92.9 Å². The second-order valence-corrected chi connectivity index (χ2v) is 8.85. The Morgan fingerprint density at radius 2 is 1.81 bits per heavy atom. The van der Waals surface area contributed by atoms with Gasteiger partial charge in [0.25, 0.3) is 5.91 Å². The molecule has 140 valence electrons. The third kappa shape index (κ3) is 4.65. The topological polar surface area (TPSA) is 52.9 Å². The molecule has 0 atom stereocenters. The Morgan fingerprint density at radius 1 is 1.19 bits per heavy atom. The van der Waals surface area contributed by atoms with E-state index in [0.29, 0.717) is 25.6 Å². The second kappa shape index (κ2) is 8.63. The van der Waals surface area contributed by atoms with Crippen LogP contribution < -0.4 is 0 Å². The Labute approximate surface area is 179 Å². The number of halogens is 2. The summed E-state index contributed by atoms with van der Waals surface area (Å²) in [7, 11) is 0. The van der Waals surface area contributed by atoms with Crippen molar-refractivity contribution in [3.05, 3.63) is 61.4 Å². The summed E-state index contributed by atoms with van der Waals surface area (Å²) >= 11 is 8.02. The van der Waals surface area contributed by atoms with Gasteiger partial charge in [-0.3, -0.25) is 9.69 Å². The van der Waals surface area contributed by atoms with Crippen LogP contribution in [0, 0.1) is 6.92 Å². The molecule has 0 aliphatic carbocycles. The largest absolute Gasteiger partial charge is 0.506 e. The third-order valence-electron chi connectivity index (χ3n) is 3.93. The quantitative estimate of drug-likeness (QED) is 0.496. The lowest BCUT2D eigenvalue weighted by atomic mass is 10.2. The molecule has 2 aromatic carbocycles. The first-order valence-corrected chi connectivity index (χ1v) is 10.8. The molecule has 1 fully saturated rings. The number of benzene rings is 2. The van der Waals surface area contributed by atoms with Gasteiger partial charge >= 0.3 is 0 Å². The molecular formula is C20H18Br2N2O2S. The summed E-state index contributed by atoms with van der Waals surface area (Å²) in [6.45, 7) is 4.69. The number of phenols is 1. The Bertz CT molecular complexity index is 916. The summed E-state index contributed by atoms with van der Waals surface area (Å²) in [6, 6.07) is 11.5. The molecule has 2 aromatic rings. The molecule has 0 saturated carbocycles. The molecule has 0 bridgehead atoms. The minimum Gasteiger partial charge on any atom is -0.506 e. The highest BCUT2D eigenvalue weighted by molar-refractivity contribution is 9.11. The first-order valence-electron chi connectivity index (χ1n) is 8.44. The van der Waals surface area contributed by atoms with E-state index in [1.807, 2.05) is 44.2 Å². The zero-order chi connectivity index (χ0) is 19.6. The fourth-order valence-electron chi connectivity index (χ4n) is 2.56. The van der Waals surface area contributed by atoms with E-state index in [1.54, 1.807) is 17.0 Å². The molecule has 1 aliphatic rings. The maximum Gasteiger partial charge on any atom is 0.266 e. The second-order valence-electron chi connectivity index (χ2n) is 6.13. The molecule has 1 amide bonds. The fraction of sp³-hybridized carbons (Fsp3) is 0.200. The van der Waals surface area contributed by atoms with E-state index in [-0.39, 0.29) is 11.7 Å². The SMILES string of the molecule is CCCN1C(=O)/C(=C\c2cc(Br)c(O)c(Br)c2)SC1=Nc1ccc(C)cc1. The van der Waals surface area contributed by atoms with Crippen molar-refractivity contribution < 1.29 is 9.90 Å². The van der Waals surface area contributed by atoms with Gasteiger partial charge in [0, 0.05) is 6.54 Å².